The van der Waals surface area contributed by atoms with Gasteiger partial charge >= 0.3 is 0 Å². The number of piperidine rings is 1. The van der Waals surface area contributed by atoms with Crippen molar-refractivity contribution in [3.63, 3.8) is 0 Å². The Hall–Kier alpha value is -2.13. The number of benzene rings is 2. The van der Waals surface area contributed by atoms with Crippen LogP contribution in [0.1, 0.15) is 43.2 Å². The predicted octanol–water partition coefficient (Wildman–Crippen LogP) is 4.48. The lowest BCUT2D eigenvalue weighted by Gasteiger charge is -2.33. The number of hydrogen-bond acceptors (Lipinski definition) is 2. The van der Waals surface area contributed by atoms with Gasteiger partial charge in [-0.1, -0.05) is 60.7 Å². The molecule has 26 heavy (non-hydrogen) atoms. The molecule has 1 heterocycles. The summed E-state index contributed by atoms with van der Waals surface area (Å²) in [6.45, 7) is 5.23. The van der Waals surface area contributed by atoms with Crippen LogP contribution in [0.4, 0.5) is 0 Å². The molecule has 1 fully saturated rings. The smallest absolute Gasteiger partial charge is 0.223 e. The number of nitrogens with zero attached hydrogens (tertiary/aromatic N) is 1. The van der Waals surface area contributed by atoms with Crippen molar-refractivity contribution >= 4 is 5.91 Å². The van der Waals surface area contributed by atoms with E-state index in [1.165, 1.54) is 11.1 Å². The fourth-order valence-electron chi connectivity index (χ4n) is 3.81. The van der Waals surface area contributed by atoms with Crippen LogP contribution in [0.5, 0.6) is 0 Å². The Labute approximate surface area is 157 Å². The van der Waals surface area contributed by atoms with Crippen LogP contribution in [-0.2, 0) is 9.53 Å². The number of rotatable bonds is 7. The molecule has 0 N–H and O–H groups in total. The summed E-state index contributed by atoms with van der Waals surface area (Å²) in [4.78, 5) is 15.1. The highest BCUT2D eigenvalue weighted by molar-refractivity contribution is 5.78. The van der Waals surface area contributed by atoms with Crippen molar-refractivity contribution in [1.29, 1.82) is 0 Å². The molecule has 2 aromatic rings. The minimum absolute atomic E-state index is 0.108. The zero-order valence-corrected chi connectivity index (χ0v) is 15.6. The minimum Gasteiger partial charge on any atom is -0.381 e. The van der Waals surface area contributed by atoms with E-state index < -0.39 is 0 Å². The lowest BCUT2D eigenvalue weighted by Crippen LogP contribution is -2.41. The molecule has 1 aliphatic heterocycles. The summed E-state index contributed by atoms with van der Waals surface area (Å²) >= 11 is 0. The summed E-state index contributed by atoms with van der Waals surface area (Å²) in [6, 6.07) is 20.7. The summed E-state index contributed by atoms with van der Waals surface area (Å²) in [5, 5.41) is 0. The molecule has 1 amide bonds. The molecule has 0 aromatic heterocycles. The SMILES string of the molecule is CCOCC1CCCN(C(=O)CC(c2ccccc2)c2ccccc2)C1. The third kappa shape index (κ3) is 4.95. The van der Waals surface area contributed by atoms with E-state index in [4.69, 9.17) is 4.74 Å². The highest BCUT2D eigenvalue weighted by Crippen LogP contribution is 2.29. The van der Waals surface area contributed by atoms with Gasteiger partial charge in [0.2, 0.25) is 5.91 Å². The van der Waals surface area contributed by atoms with Gasteiger partial charge in [-0.25, -0.2) is 0 Å². The van der Waals surface area contributed by atoms with Gasteiger partial charge < -0.3 is 9.64 Å². The second-order valence-corrected chi connectivity index (χ2v) is 7.09. The molecule has 0 spiro atoms. The number of likely N-dealkylation sites (tertiary alicyclic amines) is 1. The van der Waals surface area contributed by atoms with Crippen molar-refractivity contribution in [3.05, 3.63) is 71.8 Å². The zero-order chi connectivity index (χ0) is 18.2. The molecule has 1 atom stereocenters. The molecule has 2 aromatic carbocycles. The summed E-state index contributed by atoms with van der Waals surface area (Å²) in [5.41, 5.74) is 2.41. The number of carbonyl (C=O) groups excluding carboxylic acids is 1. The maximum atomic E-state index is 13.1. The van der Waals surface area contributed by atoms with E-state index in [2.05, 4.69) is 48.5 Å². The van der Waals surface area contributed by atoms with Crippen molar-refractivity contribution in [3.8, 4) is 0 Å². The predicted molar refractivity (Wildman–Crippen MR) is 105 cm³/mol. The molecule has 0 bridgehead atoms. The number of ether oxygens (including phenoxy) is 1. The van der Waals surface area contributed by atoms with Crippen molar-refractivity contribution < 1.29 is 9.53 Å². The minimum atomic E-state index is 0.108. The molecule has 3 rings (SSSR count). The molecule has 1 unspecified atom stereocenters. The van der Waals surface area contributed by atoms with Gasteiger partial charge in [-0.3, -0.25) is 4.79 Å². The Kier molecular flexibility index (Phi) is 6.84. The second-order valence-electron chi connectivity index (χ2n) is 7.09. The Morgan fingerprint density at radius 2 is 1.69 bits per heavy atom. The van der Waals surface area contributed by atoms with Crippen molar-refractivity contribution in [2.75, 3.05) is 26.3 Å². The molecule has 0 radical (unpaired) electrons. The van der Waals surface area contributed by atoms with E-state index in [1.807, 2.05) is 24.0 Å². The van der Waals surface area contributed by atoms with E-state index >= 15 is 0 Å². The van der Waals surface area contributed by atoms with E-state index in [0.29, 0.717) is 12.3 Å². The number of hydrogen-bond donors (Lipinski definition) is 0. The van der Waals surface area contributed by atoms with Crippen LogP contribution in [-0.4, -0.2) is 37.1 Å². The van der Waals surface area contributed by atoms with Gasteiger partial charge in [0.1, 0.15) is 0 Å². The summed E-state index contributed by atoms with van der Waals surface area (Å²) in [5.74, 6) is 0.834. The molecule has 0 aliphatic carbocycles. The molecular formula is C23H29NO2. The van der Waals surface area contributed by atoms with Gasteiger partial charge in [0.15, 0.2) is 0 Å². The van der Waals surface area contributed by atoms with Crippen LogP contribution >= 0.6 is 0 Å². The maximum Gasteiger partial charge on any atom is 0.223 e. The Bertz CT molecular complexity index is 632. The first-order chi connectivity index (χ1) is 12.8. The lowest BCUT2D eigenvalue weighted by molar-refractivity contribution is -0.133. The summed E-state index contributed by atoms with van der Waals surface area (Å²) in [7, 11) is 0. The molecule has 3 heteroatoms. The average molecular weight is 351 g/mol. The fourth-order valence-corrected chi connectivity index (χ4v) is 3.81. The number of amides is 1. The van der Waals surface area contributed by atoms with E-state index in [-0.39, 0.29) is 11.8 Å². The van der Waals surface area contributed by atoms with Crippen LogP contribution in [0.3, 0.4) is 0 Å². The van der Waals surface area contributed by atoms with Gasteiger partial charge in [0.25, 0.3) is 0 Å². The number of carbonyl (C=O) groups is 1. The van der Waals surface area contributed by atoms with Gasteiger partial charge in [0, 0.05) is 32.0 Å². The topological polar surface area (TPSA) is 29.5 Å². The average Bonchev–Trinajstić information content (AvgIpc) is 2.72. The molecule has 1 aliphatic rings. The largest absolute Gasteiger partial charge is 0.381 e. The summed E-state index contributed by atoms with van der Waals surface area (Å²) in [6.07, 6.45) is 2.75. The monoisotopic (exact) mass is 351 g/mol. The highest BCUT2D eigenvalue weighted by Gasteiger charge is 2.26. The molecule has 3 nitrogen and oxygen atoms in total. The van der Waals surface area contributed by atoms with Crippen LogP contribution in [0.2, 0.25) is 0 Å². The van der Waals surface area contributed by atoms with Crippen LogP contribution < -0.4 is 0 Å². The van der Waals surface area contributed by atoms with Gasteiger partial charge in [-0.15, -0.1) is 0 Å². The first kappa shape index (κ1) is 18.7. The standard InChI is InChI=1S/C23H29NO2/c1-2-26-18-19-10-9-15-24(17-19)23(25)16-22(20-11-5-3-6-12-20)21-13-7-4-8-14-21/h3-8,11-14,19,22H,2,9-10,15-18H2,1H3. The Morgan fingerprint density at radius 3 is 2.27 bits per heavy atom. The van der Waals surface area contributed by atoms with Crippen LogP contribution in [0, 0.1) is 5.92 Å². The first-order valence-corrected chi connectivity index (χ1v) is 9.73. The zero-order valence-electron chi connectivity index (χ0n) is 15.6. The quantitative estimate of drug-likeness (QED) is 0.736. The van der Waals surface area contributed by atoms with Crippen LogP contribution in [0.15, 0.2) is 60.7 Å². The van der Waals surface area contributed by atoms with E-state index in [9.17, 15) is 4.79 Å². The third-order valence-corrected chi connectivity index (χ3v) is 5.21. The van der Waals surface area contributed by atoms with Crippen LogP contribution in [0.25, 0.3) is 0 Å². The van der Waals surface area contributed by atoms with Crippen molar-refractivity contribution in [1.82, 2.24) is 4.90 Å². The first-order valence-electron chi connectivity index (χ1n) is 9.73. The van der Waals surface area contributed by atoms with Gasteiger partial charge in [0.05, 0.1) is 6.61 Å². The van der Waals surface area contributed by atoms with Crippen molar-refractivity contribution in [2.24, 2.45) is 5.92 Å². The third-order valence-electron chi connectivity index (χ3n) is 5.21. The highest BCUT2D eigenvalue weighted by atomic mass is 16.5. The van der Waals surface area contributed by atoms with E-state index in [0.717, 1.165) is 39.1 Å². The van der Waals surface area contributed by atoms with E-state index in [1.54, 1.807) is 0 Å². The Balaban J connectivity index is 1.71. The fraction of sp³-hybridized carbons (Fsp3) is 0.435. The molecule has 138 valence electrons. The molecule has 1 saturated heterocycles. The molecule has 0 saturated carbocycles. The molecular weight excluding hydrogens is 322 g/mol. The normalized spacial score (nSPS) is 17.5. The lowest BCUT2D eigenvalue weighted by atomic mass is 9.87. The second kappa shape index (κ2) is 9.54. The van der Waals surface area contributed by atoms with Crippen molar-refractivity contribution in [2.45, 2.75) is 32.1 Å². The van der Waals surface area contributed by atoms with Gasteiger partial charge in [-0.05, 0) is 36.8 Å². The Morgan fingerprint density at radius 1 is 1.08 bits per heavy atom. The summed E-state index contributed by atoms with van der Waals surface area (Å²) < 4.78 is 5.58. The maximum absolute atomic E-state index is 13.1. The van der Waals surface area contributed by atoms with Gasteiger partial charge in [-0.2, -0.15) is 0 Å².